The molecule has 2 aromatic heterocycles. The predicted molar refractivity (Wildman–Crippen MR) is 87.2 cm³/mol. The van der Waals surface area contributed by atoms with Gasteiger partial charge in [-0.2, -0.15) is 0 Å². The maximum absolute atomic E-state index is 3.76. The smallest absolute Gasteiger partial charge is 0.0843 e. The molecule has 0 nitrogen and oxygen atoms in total. The molecule has 0 radical (unpaired) electrons. The second-order valence-electron chi connectivity index (χ2n) is 3.20. The monoisotopic (exact) mass is 506 g/mol. The summed E-state index contributed by atoms with van der Waals surface area (Å²) in [6.07, 6.45) is 0. The lowest BCUT2D eigenvalue weighted by Crippen LogP contribution is -1.88. The van der Waals surface area contributed by atoms with E-state index in [4.69, 9.17) is 0 Å². The zero-order valence-electron chi connectivity index (χ0n) is 8.06. The molecular formula is C10H6Br4S2. The molecule has 2 rings (SSSR count). The minimum atomic E-state index is 0.266. The fourth-order valence-corrected chi connectivity index (χ4v) is 6.23. The van der Waals surface area contributed by atoms with Gasteiger partial charge >= 0.3 is 0 Å². The summed E-state index contributed by atoms with van der Waals surface area (Å²) in [6, 6.07) is 4.33. The first-order chi connectivity index (χ1) is 7.49. The summed E-state index contributed by atoms with van der Waals surface area (Å²) in [5.74, 6) is 0. The third kappa shape index (κ3) is 2.83. The molecule has 1 unspecified atom stereocenters. The molecule has 0 aliphatic heterocycles. The fraction of sp³-hybridized carbons (Fsp3) is 0.200. The summed E-state index contributed by atoms with van der Waals surface area (Å²) in [7, 11) is 0. The van der Waals surface area contributed by atoms with Crippen molar-refractivity contribution in [2.24, 2.45) is 0 Å². The molecule has 6 heteroatoms. The summed E-state index contributed by atoms with van der Waals surface area (Å²) in [4.78, 5) is 2.91. The number of halogens is 4. The summed E-state index contributed by atoms with van der Waals surface area (Å²) < 4.78 is 3.43. The van der Waals surface area contributed by atoms with Crippen molar-refractivity contribution in [1.82, 2.24) is 0 Å². The van der Waals surface area contributed by atoms with Crippen molar-refractivity contribution in [1.29, 1.82) is 0 Å². The standard InChI is InChI=1S/C10H6Br4S2/c1-4-5(2-8(12)15-4)9(13)7-3-6(11)10(14)16-7/h2-3,9H,1H3. The van der Waals surface area contributed by atoms with Crippen LogP contribution >= 0.6 is 86.4 Å². The van der Waals surface area contributed by atoms with E-state index in [-0.39, 0.29) is 4.83 Å². The van der Waals surface area contributed by atoms with Crippen molar-refractivity contribution in [3.05, 3.63) is 39.5 Å². The van der Waals surface area contributed by atoms with Gasteiger partial charge in [-0.05, 0) is 72.4 Å². The maximum Gasteiger partial charge on any atom is 0.0843 e. The van der Waals surface area contributed by atoms with Gasteiger partial charge in [0.15, 0.2) is 0 Å². The molecule has 0 amide bonds. The molecule has 1 atom stereocenters. The highest BCUT2D eigenvalue weighted by molar-refractivity contribution is 9.13. The van der Waals surface area contributed by atoms with E-state index in [1.54, 1.807) is 22.7 Å². The predicted octanol–water partition coefficient (Wildman–Crippen LogP) is 6.89. The molecule has 0 aromatic carbocycles. The van der Waals surface area contributed by atoms with Crippen LogP contribution in [0, 0.1) is 6.92 Å². The minimum absolute atomic E-state index is 0.266. The number of thiophene rings is 2. The van der Waals surface area contributed by atoms with Crippen LogP contribution in [0.4, 0.5) is 0 Å². The van der Waals surface area contributed by atoms with Crippen molar-refractivity contribution >= 4 is 86.4 Å². The number of alkyl halides is 1. The Hall–Kier alpha value is 1.32. The van der Waals surface area contributed by atoms with Crippen molar-refractivity contribution in [2.75, 3.05) is 0 Å². The molecule has 16 heavy (non-hydrogen) atoms. The molecular weight excluding hydrogens is 504 g/mol. The van der Waals surface area contributed by atoms with Crippen LogP contribution in [0.3, 0.4) is 0 Å². The second-order valence-corrected chi connectivity index (χ2v) is 10.0. The van der Waals surface area contributed by atoms with Crippen LogP contribution in [0.15, 0.2) is 24.2 Å². The van der Waals surface area contributed by atoms with Crippen LogP contribution in [0.2, 0.25) is 0 Å². The highest BCUT2D eigenvalue weighted by Gasteiger charge is 2.18. The van der Waals surface area contributed by atoms with Gasteiger partial charge in [0.25, 0.3) is 0 Å². The third-order valence-electron chi connectivity index (χ3n) is 2.11. The minimum Gasteiger partial charge on any atom is -0.133 e. The SMILES string of the molecule is Cc1sc(Br)cc1C(Br)c1cc(Br)c(Br)s1. The van der Waals surface area contributed by atoms with Gasteiger partial charge in [0, 0.05) is 14.2 Å². The van der Waals surface area contributed by atoms with E-state index < -0.39 is 0 Å². The largest absolute Gasteiger partial charge is 0.133 e. The van der Waals surface area contributed by atoms with E-state index in [2.05, 4.69) is 82.8 Å². The van der Waals surface area contributed by atoms with Gasteiger partial charge < -0.3 is 0 Å². The first kappa shape index (κ1) is 13.7. The van der Waals surface area contributed by atoms with Gasteiger partial charge in [-0.25, -0.2) is 0 Å². The molecule has 0 spiro atoms. The Morgan fingerprint density at radius 2 is 1.81 bits per heavy atom. The molecule has 0 aliphatic rings. The molecule has 0 saturated carbocycles. The van der Waals surface area contributed by atoms with Gasteiger partial charge in [-0.1, -0.05) is 15.9 Å². The quantitative estimate of drug-likeness (QED) is 0.387. The van der Waals surface area contributed by atoms with Crippen LogP contribution in [0.5, 0.6) is 0 Å². The summed E-state index contributed by atoms with van der Waals surface area (Å²) in [6.45, 7) is 2.15. The molecule has 2 heterocycles. The highest BCUT2D eigenvalue weighted by Crippen LogP contribution is 2.44. The van der Waals surface area contributed by atoms with Crippen molar-refractivity contribution < 1.29 is 0 Å². The maximum atomic E-state index is 3.76. The van der Waals surface area contributed by atoms with Crippen LogP contribution in [0.1, 0.15) is 20.1 Å². The number of aryl methyl sites for hydroxylation is 1. The Morgan fingerprint density at radius 1 is 1.12 bits per heavy atom. The van der Waals surface area contributed by atoms with Gasteiger partial charge in [0.2, 0.25) is 0 Å². The van der Waals surface area contributed by atoms with Crippen molar-refractivity contribution in [2.45, 2.75) is 11.8 Å². The highest BCUT2D eigenvalue weighted by atomic mass is 79.9. The summed E-state index contributed by atoms with van der Waals surface area (Å²) in [5, 5.41) is 0. The molecule has 0 N–H and O–H groups in total. The second kappa shape index (κ2) is 5.53. The average Bonchev–Trinajstić information content (AvgIpc) is 2.70. The lowest BCUT2D eigenvalue weighted by atomic mass is 10.2. The Labute approximate surface area is 136 Å². The lowest BCUT2D eigenvalue weighted by Gasteiger charge is -2.06. The van der Waals surface area contributed by atoms with E-state index in [9.17, 15) is 0 Å². The first-order valence-electron chi connectivity index (χ1n) is 4.33. The Kier molecular flexibility index (Phi) is 4.75. The van der Waals surface area contributed by atoms with E-state index in [1.807, 2.05) is 0 Å². The third-order valence-corrected chi connectivity index (χ3v) is 8.29. The molecule has 2 aromatic rings. The van der Waals surface area contributed by atoms with E-state index >= 15 is 0 Å². The van der Waals surface area contributed by atoms with Gasteiger partial charge in [0.1, 0.15) is 0 Å². The van der Waals surface area contributed by atoms with Gasteiger partial charge in [-0.15, -0.1) is 22.7 Å². The number of hydrogen-bond donors (Lipinski definition) is 0. The number of rotatable bonds is 2. The molecule has 0 saturated heterocycles. The summed E-state index contributed by atoms with van der Waals surface area (Å²) in [5.41, 5.74) is 1.33. The summed E-state index contributed by atoms with van der Waals surface area (Å²) >= 11 is 17.8. The van der Waals surface area contributed by atoms with Crippen LogP contribution in [-0.4, -0.2) is 0 Å². The molecule has 0 bridgehead atoms. The van der Waals surface area contributed by atoms with Gasteiger partial charge in [0.05, 0.1) is 12.4 Å². The van der Waals surface area contributed by atoms with E-state index in [0.717, 1.165) is 8.26 Å². The zero-order valence-corrected chi connectivity index (χ0v) is 16.0. The Balaban J connectivity index is 2.38. The topological polar surface area (TPSA) is 0 Å². The van der Waals surface area contributed by atoms with Crippen LogP contribution < -0.4 is 0 Å². The fourth-order valence-electron chi connectivity index (χ4n) is 1.35. The normalized spacial score (nSPS) is 13.1. The Morgan fingerprint density at radius 3 is 2.25 bits per heavy atom. The van der Waals surface area contributed by atoms with E-state index in [1.165, 1.54) is 19.1 Å². The van der Waals surface area contributed by atoms with Crippen molar-refractivity contribution in [3.8, 4) is 0 Å². The molecule has 0 fully saturated rings. The number of hydrogen-bond acceptors (Lipinski definition) is 2. The van der Waals surface area contributed by atoms with Crippen molar-refractivity contribution in [3.63, 3.8) is 0 Å². The average molecular weight is 510 g/mol. The Bertz CT molecular complexity index is 495. The first-order valence-corrected chi connectivity index (χ1v) is 9.26. The lowest BCUT2D eigenvalue weighted by molar-refractivity contribution is 1.21. The van der Waals surface area contributed by atoms with Crippen LogP contribution in [0.25, 0.3) is 0 Å². The van der Waals surface area contributed by atoms with Gasteiger partial charge in [-0.3, -0.25) is 0 Å². The zero-order chi connectivity index (χ0) is 11.9. The van der Waals surface area contributed by atoms with Crippen LogP contribution in [-0.2, 0) is 0 Å². The molecule has 0 aliphatic carbocycles. The molecule has 86 valence electrons. The van der Waals surface area contributed by atoms with E-state index in [0.29, 0.717) is 0 Å².